The van der Waals surface area contributed by atoms with E-state index in [9.17, 15) is 24.3 Å². The van der Waals surface area contributed by atoms with E-state index in [0.717, 1.165) is 5.56 Å². The Balaban J connectivity index is 1.75. The molecule has 1 aliphatic heterocycles. The fourth-order valence-electron chi connectivity index (χ4n) is 4.64. The molecule has 2 atom stereocenters. The molecule has 1 aliphatic rings. The number of fused-ring (bicyclic) bond motifs is 1. The quantitative estimate of drug-likeness (QED) is 0.220. The zero-order valence-corrected chi connectivity index (χ0v) is 24.2. The topological polar surface area (TPSA) is 144 Å². The van der Waals surface area contributed by atoms with Gasteiger partial charge in [-0.1, -0.05) is 30.3 Å². The monoisotopic (exact) mass is 569 g/mol. The summed E-state index contributed by atoms with van der Waals surface area (Å²) in [4.78, 5) is 52.6. The standard InChI is InChI=1S/C30H39N3O8/c1-19-15-21(34)16-25-22(19)17-23(32-29(38)40-18-20-11-7-6-8-12-20)26(35)33(25)24(27(36)39-5)13-9-10-14-31-28(37)41-30(2,3)4/h6-8,11-12,15-16,23-24,34H,9-10,13-14,17-18H2,1-5H3,(H,31,37)(H,32,38)/t23-,24-/m0/s1. The highest BCUT2D eigenvalue weighted by Crippen LogP contribution is 2.36. The van der Waals surface area contributed by atoms with Gasteiger partial charge in [0.1, 0.15) is 30.0 Å². The van der Waals surface area contributed by atoms with Gasteiger partial charge in [0.25, 0.3) is 5.91 Å². The number of rotatable bonds is 10. The summed E-state index contributed by atoms with van der Waals surface area (Å²) in [6.07, 6.45) is 0.0345. The number of unbranched alkanes of at least 4 members (excludes halogenated alkanes) is 1. The molecular weight excluding hydrogens is 530 g/mol. The van der Waals surface area contributed by atoms with Gasteiger partial charge >= 0.3 is 18.2 Å². The number of anilines is 1. The van der Waals surface area contributed by atoms with Gasteiger partial charge < -0.3 is 30.0 Å². The second kappa shape index (κ2) is 13.9. The highest BCUT2D eigenvalue weighted by atomic mass is 16.6. The number of hydrogen-bond acceptors (Lipinski definition) is 8. The molecule has 0 spiro atoms. The Morgan fingerprint density at radius 2 is 1.80 bits per heavy atom. The third-order valence-electron chi connectivity index (χ3n) is 6.50. The summed E-state index contributed by atoms with van der Waals surface area (Å²) in [5, 5.41) is 15.6. The summed E-state index contributed by atoms with van der Waals surface area (Å²) >= 11 is 0. The van der Waals surface area contributed by atoms with Crippen molar-refractivity contribution in [3.63, 3.8) is 0 Å². The average molecular weight is 570 g/mol. The van der Waals surface area contributed by atoms with Crippen LogP contribution in [0.5, 0.6) is 5.75 Å². The molecule has 2 aromatic rings. The van der Waals surface area contributed by atoms with Crippen LogP contribution in [0.1, 0.15) is 56.7 Å². The zero-order chi connectivity index (χ0) is 30.2. The van der Waals surface area contributed by atoms with Gasteiger partial charge in [-0.2, -0.15) is 0 Å². The first-order valence-corrected chi connectivity index (χ1v) is 13.6. The number of phenolic OH excluding ortho intramolecular Hbond substituents is 1. The lowest BCUT2D eigenvalue weighted by Gasteiger charge is -2.39. The molecule has 222 valence electrons. The van der Waals surface area contributed by atoms with Gasteiger partial charge in [0.15, 0.2) is 0 Å². The number of carbonyl (C=O) groups is 4. The van der Waals surface area contributed by atoms with Crippen molar-refractivity contribution in [3.8, 4) is 5.75 Å². The van der Waals surface area contributed by atoms with Crippen LogP contribution < -0.4 is 15.5 Å². The van der Waals surface area contributed by atoms with Crippen molar-refractivity contribution in [2.24, 2.45) is 0 Å². The van der Waals surface area contributed by atoms with Crippen LogP contribution in [0.3, 0.4) is 0 Å². The molecule has 11 nitrogen and oxygen atoms in total. The van der Waals surface area contributed by atoms with Crippen molar-refractivity contribution in [2.75, 3.05) is 18.6 Å². The molecule has 0 fully saturated rings. The van der Waals surface area contributed by atoms with E-state index in [4.69, 9.17) is 14.2 Å². The number of ether oxygens (including phenoxy) is 3. The van der Waals surface area contributed by atoms with E-state index in [2.05, 4.69) is 10.6 Å². The Kier molecular flexibility index (Phi) is 10.6. The lowest BCUT2D eigenvalue weighted by Crippen LogP contribution is -2.58. The maximum atomic E-state index is 13.8. The predicted octanol–water partition coefficient (Wildman–Crippen LogP) is 4.12. The Bertz CT molecular complexity index is 1240. The Morgan fingerprint density at radius 1 is 1.10 bits per heavy atom. The molecule has 0 saturated carbocycles. The van der Waals surface area contributed by atoms with Gasteiger partial charge in [-0.05, 0) is 69.7 Å². The third-order valence-corrected chi connectivity index (χ3v) is 6.50. The van der Waals surface area contributed by atoms with Crippen LogP contribution >= 0.6 is 0 Å². The molecule has 41 heavy (non-hydrogen) atoms. The number of alkyl carbamates (subject to hydrolysis) is 2. The van der Waals surface area contributed by atoms with E-state index in [1.165, 1.54) is 18.1 Å². The largest absolute Gasteiger partial charge is 0.508 e. The second-order valence-corrected chi connectivity index (χ2v) is 10.9. The van der Waals surface area contributed by atoms with Crippen molar-refractivity contribution in [2.45, 2.75) is 77.7 Å². The first-order valence-electron chi connectivity index (χ1n) is 13.6. The number of amides is 3. The number of aryl methyl sites for hydroxylation is 1. The fraction of sp³-hybridized carbons (Fsp3) is 0.467. The zero-order valence-electron chi connectivity index (χ0n) is 24.2. The van der Waals surface area contributed by atoms with Crippen LogP contribution in [0, 0.1) is 6.92 Å². The number of carbonyl (C=O) groups excluding carboxylic acids is 4. The summed E-state index contributed by atoms with van der Waals surface area (Å²) in [7, 11) is 1.24. The highest BCUT2D eigenvalue weighted by Gasteiger charge is 2.41. The first-order chi connectivity index (χ1) is 19.4. The van der Waals surface area contributed by atoms with Crippen LogP contribution in [-0.2, 0) is 36.8 Å². The number of esters is 1. The molecule has 0 aromatic heterocycles. The minimum atomic E-state index is -1.03. The van der Waals surface area contributed by atoms with Crippen LogP contribution in [0.4, 0.5) is 15.3 Å². The van der Waals surface area contributed by atoms with Gasteiger partial charge in [0, 0.05) is 19.0 Å². The number of nitrogens with zero attached hydrogens (tertiary/aromatic N) is 1. The number of phenols is 1. The maximum absolute atomic E-state index is 13.8. The molecule has 3 rings (SSSR count). The molecule has 11 heteroatoms. The lowest BCUT2D eigenvalue weighted by atomic mass is 9.91. The number of methoxy groups -OCH3 is 1. The predicted molar refractivity (Wildman–Crippen MR) is 151 cm³/mol. The number of aromatic hydroxyl groups is 1. The molecule has 2 aromatic carbocycles. The van der Waals surface area contributed by atoms with E-state index in [0.29, 0.717) is 36.2 Å². The Hall–Kier alpha value is -4.28. The molecular formula is C30H39N3O8. The van der Waals surface area contributed by atoms with E-state index in [-0.39, 0.29) is 25.2 Å². The van der Waals surface area contributed by atoms with E-state index >= 15 is 0 Å². The normalized spacial score (nSPS) is 15.4. The molecule has 0 saturated heterocycles. The van der Waals surface area contributed by atoms with Crippen molar-refractivity contribution in [1.82, 2.24) is 10.6 Å². The van der Waals surface area contributed by atoms with Crippen molar-refractivity contribution >= 4 is 29.8 Å². The molecule has 3 amide bonds. The third kappa shape index (κ3) is 8.86. The maximum Gasteiger partial charge on any atom is 0.408 e. The van der Waals surface area contributed by atoms with Gasteiger partial charge in [-0.25, -0.2) is 14.4 Å². The van der Waals surface area contributed by atoms with Gasteiger partial charge in [-0.3, -0.25) is 9.69 Å². The van der Waals surface area contributed by atoms with E-state index in [1.807, 2.05) is 30.3 Å². The van der Waals surface area contributed by atoms with Crippen molar-refractivity contribution in [3.05, 3.63) is 59.2 Å². The molecule has 0 aliphatic carbocycles. The lowest BCUT2D eigenvalue weighted by molar-refractivity contribution is -0.144. The smallest absolute Gasteiger partial charge is 0.408 e. The van der Waals surface area contributed by atoms with E-state index < -0.39 is 41.7 Å². The minimum Gasteiger partial charge on any atom is -0.508 e. The van der Waals surface area contributed by atoms with Gasteiger partial charge in [-0.15, -0.1) is 0 Å². The van der Waals surface area contributed by atoms with Crippen LogP contribution in [0.15, 0.2) is 42.5 Å². The van der Waals surface area contributed by atoms with Crippen LogP contribution in [0.25, 0.3) is 0 Å². The van der Waals surface area contributed by atoms with Gasteiger partial charge in [0.05, 0.1) is 12.8 Å². The summed E-state index contributed by atoms with van der Waals surface area (Å²) < 4.78 is 15.6. The highest BCUT2D eigenvalue weighted by molar-refractivity contribution is 6.06. The second-order valence-electron chi connectivity index (χ2n) is 10.9. The molecule has 0 radical (unpaired) electrons. The number of hydrogen-bond donors (Lipinski definition) is 3. The fourth-order valence-corrected chi connectivity index (χ4v) is 4.64. The summed E-state index contributed by atoms with van der Waals surface area (Å²) in [6.45, 7) is 7.43. The SMILES string of the molecule is COC(=O)[C@H](CCCCNC(=O)OC(C)(C)C)N1C(=O)[C@@H](NC(=O)OCc2ccccc2)Cc2c(C)cc(O)cc21. The Labute approximate surface area is 240 Å². The summed E-state index contributed by atoms with van der Waals surface area (Å²) in [5.74, 6) is -1.22. The average Bonchev–Trinajstić information content (AvgIpc) is 2.90. The first kappa shape index (κ1) is 31.3. The number of benzene rings is 2. The Morgan fingerprint density at radius 3 is 2.46 bits per heavy atom. The number of nitrogens with one attached hydrogen (secondary N) is 2. The van der Waals surface area contributed by atoms with Crippen LogP contribution in [0.2, 0.25) is 0 Å². The summed E-state index contributed by atoms with van der Waals surface area (Å²) in [5.41, 5.74) is 1.96. The molecule has 0 bridgehead atoms. The van der Waals surface area contributed by atoms with Gasteiger partial charge in [0.2, 0.25) is 0 Å². The molecule has 0 unspecified atom stereocenters. The van der Waals surface area contributed by atoms with E-state index in [1.54, 1.807) is 33.8 Å². The van der Waals surface area contributed by atoms with Crippen LogP contribution in [-0.4, -0.2) is 60.5 Å². The molecule has 1 heterocycles. The van der Waals surface area contributed by atoms with Crippen molar-refractivity contribution < 1.29 is 38.5 Å². The molecule has 3 N–H and O–H groups in total. The van der Waals surface area contributed by atoms with Crippen molar-refractivity contribution in [1.29, 1.82) is 0 Å². The minimum absolute atomic E-state index is 0.0307. The summed E-state index contributed by atoms with van der Waals surface area (Å²) in [6, 6.07) is 10.1.